The van der Waals surface area contributed by atoms with E-state index in [0.717, 1.165) is 17.8 Å². The molecule has 0 bridgehead atoms. The lowest BCUT2D eigenvalue weighted by molar-refractivity contribution is -0.119. The van der Waals surface area contributed by atoms with Gasteiger partial charge in [-0.3, -0.25) is 4.79 Å². The summed E-state index contributed by atoms with van der Waals surface area (Å²) in [5.74, 6) is 0.0360. The lowest BCUT2D eigenvalue weighted by atomic mass is 10.1. The number of allylic oxidation sites excluding steroid dienone is 1. The summed E-state index contributed by atoms with van der Waals surface area (Å²) in [6, 6.07) is 5.28. The van der Waals surface area contributed by atoms with Gasteiger partial charge in [0, 0.05) is 29.5 Å². The fourth-order valence-corrected chi connectivity index (χ4v) is 2.32. The predicted octanol–water partition coefficient (Wildman–Crippen LogP) is 2.87. The first-order chi connectivity index (χ1) is 10.3. The van der Waals surface area contributed by atoms with Crippen molar-refractivity contribution in [2.45, 2.75) is 39.7 Å². The van der Waals surface area contributed by atoms with Crippen LogP contribution >= 0.6 is 0 Å². The van der Waals surface area contributed by atoms with Gasteiger partial charge in [0.05, 0.1) is 6.42 Å². The zero-order chi connectivity index (χ0) is 16.3. The number of carbonyl (C=O) groups excluding carboxylic acids is 1. The van der Waals surface area contributed by atoms with Gasteiger partial charge in [-0.05, 0) is 45.9 Å². The molecule has 1 aliphatic heterocycles. The lowest BCUT2D eigenvalue weighted by Crippen LogP contribution is -2.39. The molecule has 1 aromatic carbocycles. The third-order valence-electron chi connectivity index (χ3n) is 3.67. The van der Waals surface area contributed by atoms with E-state index < -0.39 is 0 Å². The van der Waals surface area contributed by atoms with Crippen LogP contribution in [0, 0.1) is 6.92 Å². The highest BCUT2D eigenvalue weighted by Crippen LogP contribution is 2.20. The second-order valence-corrected chi connectivity index (χ2v) is 6.66. The number of nitrogens with zero attached hydrogens (tertiary/aromatic N) is 1. The number of hydrogen-bond acceptors (Lipinski definition) is 3. The first-order valence-corrected chi connectivity index (χ1v) is 7.49. The highest BCUT2D eigenvalue weighted by atomic mass is 16.3. The number of amides is 1. The monoisotopic (exact) mass is 300 g/mol. The van der Waals surface area contributed by atoms with Crippen LogP contribution in [0.5, 0.6) is 5.75 Å². The second kappa shape index (κ2) is 6.26. The summed E-state index contributed by atoms with van der Waals surface area (Å²) in [5, 5.41) is 12.7. The molecular weight excluding hydrogens is 276 g/mol. The van der Waals surface area contributed by atoms with Crippen molar-refractivity contribution in [2.75, 3.05) is 6.54 Å². The Labute approximate surface area is 132 Å². The summed E-state index contributed by atoms with van der Waals surface area (Å²) < 4.78 is 0. The Morgan fingerprint density at radius 2 is 2.09 bits per heavy atom. The largest absolute Gasteiger partial charge is 0.508 e. The predicted molar refractivity (Wildman–Crippen MR) is 88.4 cm³/mol. The smallest absolute Gasteiger partial charge is 0.228 e. The first kappa shape index (κ1) is 16.1. The summed E-state index contributed by atoms with van der Waals surface area (Å²) in [6.45, 7) is 9.15. The molecule has 1 aliphatic rings. The number of nitrogens with one attached hydrogen (secondary N) is 1. The van der Waals surface area contributed by atoms with Crippen molar-refractivity contribution in [3.63, 3.8) is 0 Å². The van der Waals surface area contributed by atoms with Crippen LogP contribution in [0.2, 0.25) is 0 Å². The number of rotatable bonds is 3. The molecule has 1 amide bonds. The van der Waals surface area contributed by atoms with Gasteiger partial charge < -0.3 is 15.3 Å². The van der Waals surface area contributed by atoms with E-state index in [4.69, 9.17) is 0 Å². The van der Waals surface area contributed by atoms with Crippen LogP contribution in [0.1, 0.15) is 31.9 Å². The minimum Gasteiger partial charge on any atom is -0.508 e. The average molecular weight is 300 g/mol. The number of phenols is 1. The van der Waals surface area contributed by atoms with Gasteiger partial charge in [0.25, 0.3) is 0 Å². The summed E-state index contributed by atoms with van der Waals surface area (Å²) in [7, 11) is 0. The molecular formula is C18H24N2O2. The van der Waals surface area contributed by atoms with Crippen molar-refractivity contribution in [3.05, 3.63) is 53.4 Å². The van der Waals surface area contributed by atoms with Crippen LogP contribution in [0.3, 0.4) is 0 Å². The maximum absolute atomic E-state index is 12.1. The van der Waals surface area contributed by atoms with Gasteiger partial charge in [0.15, 0.2) is 0 Å². The molecule has 0 radical (unpaired) electrons. The average Bonchev–Trinajstić information content (AvgIpc) is 2.42. The Morgan fingerprint density at radius 3 is 2.68 bits per heavy atom. The zero-order valence-electron chi connectivity index (χ0n) is 13.7. The van der Waals surface area contributed by atoms with Crippen LogP contribution in [-0.2, 0) is 11.2 Å². The van der Waals surface area contributed by atoms with Gasteiger partial charge in [0.2, 0.25) is 5.91 Å². The summed E-state index contributed by atoms with van der Waals surface area (Å²) >= 11 is 0. The molecule has 0 saturated carbocycles. The maximum atomic E-state index is 12.1. The Bertz CT molecular complexity index is 624. The quantitative estimate of drug-likeness (QED) is 0.902. The molecule has 0 unspecified atom stereocenters. The maximum Gasteiger partial charge on any atom is 0.228 e. The molecule has 2 N–H and O–H groups in total. The van der Waals surface area contributed by atoms with Gasteiger partial charge in [-0.15, -0.1) is 0 Å². The van der Waals surface area contributed by atoms with E-state index in [0.29, 0.717) is 5.56 Å². The fraction of sp³-hybridized carbons (Fsp3) is 0.389. The Balaban J connectivity index is 1.95. The van der Waals surface area contributed by atoms with Crippen LogP contribution in [0.4, 0.5) is 0 Å². The van der Waals surface area contributed by atoms with Gasteiger partial charge >= 0.3 is 0 Å². The van der Waals surface area contributed by atoms with E-state index in [2.05, 4.69) is 31.0 Å². The Hall–Kier alpha value is -2.23. The van der Waals surface area contributed by atoms with Gasteiger partial charge in [-0.2, -0.15) is 0 Å². The second-order valence-electron chi connectivity index (χ2n) is 6.66. The number of aryl methyl sites for hydroxylation is 1. The van der Waals surface area contributed by atoms with Crippen molar-refractivity contribution in [3.8, 4) is 5.75 Å². The topological polar surface area (TPSA) is 52.6 Å². The normalized spacial score (nSPS) is 14.7. The molecule has 0 aliphatic carbocycles. The molecule has 4 nitrogen and oxygen atoms in total. The first-order valence-electron chi connectivity index (χ1n) is 7.49. The molecule has 0 saturated heterocycles. The van der Waals surface area contributed by atoms with E-state index in [1.165, 1.54) is 0 Å². The minimum absolute atomic E-state index is 0.0654. The molecule has 22 heavy (non-hydrogen) atoms. The Morgan fingerprint density at radius 1 is 1.36 bits per heavy atom. The van der Waals surface area contributed by atoms with Crippen LogP contribution in [0.15, 0.2) is 42.2 Å². The van der Waals surface area contributed by atoms with Crippen molar-refractivity contribution in [1.29, 1.82) is 0 Å². The van der Waals surface area contributed by atoms with Crippen molar-refractivity contribution < 1.29 is 9.90 Å². The number of phenolic OH excluding ortho intramolecular Hbond substituents is 1. The van der Waals surface area contributed by atoms with Crippen LogP contribution in [-0.4, -0.2) is 28.0 Å². The van der Waals surface area contributed by atoms with Crippen molar-refractivity contribution >= 4 is 5.91 Å². The molecule has 118 valence electrons. The van der Waals surface area contributed by atoms with Crippen LogP contribution < -0.4 is 5.32 Å². The summed E-state index contributed by atoms with van der Waals surface area (Å²) in [4.78, 5) is 14.3. The molecule has 1 aromatic rings. The number of carbonyl (C=O) groups is 1. The zero-order valence-corrected chi connectivity index (χ0v) is 13.7. The fourth-order valence-electron chi connectivity index (χ4n) is 2.32. The summed E-state index contributed by atoms with van der Waals surface area (Å²) in [6.07, 6.45) is 6.07. The molecule has 0 spiro atoms. The summed E-state index contributed by atoms with van der Waals surface area (Å²) in [5.41, 5.74) is 2.54. The molecule has 0 aromatic heterocycles. The Kier molecular flexibility index (Phi) is 4.59. The van der Waals surface area contributed by atoms with E-state index in [1.807, 2.05) is 37.4 Å². The van der Waals surface area contributed by atoms with E-state index in [9.17, 15) is 9.90 Å². The highest BCUT2D eigenvalue weighted by Gasteiger charge is 2.19. The third kappa shape index (κ3) is 4.13. The molecule has 4 heteroatoms. The minimum atomic E-state index is -0.124. The van der Waals surface area contributed by atoms with Gasteiger partial charge in [0.1, 0.15) is 5.75 Å². The van der Waals surface area contributed by atoms with Gasteiger partial charge in [-0.1, -0.05) is 17.7 Å². The number of benzene rings is 1. The van der Waals surface area contributed by atoms with E-state index in [1.54, 1.807) is 6.07 Å². The van der Waals surface area contributed by atoms with Crippen molar-refractivity contribution in [1.82, 2.24) is 10.2 Å². The highest BCUT2D eigenvalue weighted by molar-refractivity contribution is 5.81. The molecule has 2 rings (SSSR count). The standard InChI is InChI=1S/C18H24N2O2/c1-13-5-6-16(21)14(11-13)12-17(22)19-15-7-9-20(10-8-15)18(2,3)4/h5-9,11,21H,10,12H2,1-4H3,(H,19,22). The molecule has 0 fully saturated rings. The number of hydrogen-bond donors (Lipinski definition) is 2. The third-order valence-corrected chi connectivity index (χ3v) is 3.67. The number of aromatic hydroxyl groups is 1. The molecule has 1 heterocycles. The van der Waals surface area contributed by atoms with Gasteiger partial charge in [-0.25, -0.2) is 0 Å². The SMILES string of the molecule is Cc1ccc(O)c(CC(=O)NC2=CCN(C(C)(C)C)C=C2)c1. The van der Waals surface area contributed by atoms with E-state index in [-0.39, 0.29) is 23.6 Å². The van der Waals surface area contributed by atoms with Crippen LogP contribution in [0.25, 0.3) is 0 Å². The molecule has 0 atom stereocenters. The van der Waals surface area contributed by atoms with E-state index >= 15 is 0 Å². The van der Waals surface area contributed by atoms with Crippen molar-refractivity contribution in [2.24, 2.45) is 0 Å². The lowest BCUT2D eigenvalue weighted by Gasteiger charge is -2.35.